The second-order valence-corrected chi connectivity index (χ2v) is 8.49. The van der Waals surface area contributed by atoms with Crippen LogP contribution in [0, 0.1) is 13.8 Å². The Bertz CT molecular complexity index is 1440. The van der Waals surface area contributed by atoms with Crippen LogP contribution < -0.4 is 14.8 Å². The number of anilines is 1. The number of furan rings is 1. The summed E-state index contributed by atoms with van der Waals surface area (Å²) in [6, 6.07) is 8.52. The normalized spacial score (nSPS) is 11.1. The third-order valence-electron chi connectivity index (χ3n) is 5.61. The predicted molar refractivity (Wildman–Crippen MR) is 134 cm³/mol. The number of carbonyl (C=O) groups is 2. The van der Waals surface area contributed by atoms with E-state index >= 15 is 0 Å². The highest BCUT2D eigenvalue weighted by Gasteiger charge is 2.22. The van der Waals surface area contributed by atoms with Crippen molar-refractivity contribution < 1.29 is 28.2 Å². The van der Waals surface area contributed by atoms with E-state index in [9.17, 15) is 9.59 Å². The number of esters is 1. The molecule has 1 aromatic carbocycles. The molecule has 10 nitrogen and oxygen atoms in total. The number of fused-ring (bicyclic) bond motifs is 1. The molecule has 3 heterocycles. The van der Waals surface area contributed by atoms with Gasteiger partial charge in [-0.25, -0.2) is 14.5 Å². The molecule has 0 radical (unpaired) electrons. The molecule has 10 heteroatoms. The molecule has 0 atom stereocenters. The molecular formula is C26H28N4O6. The molecule has 0 aliphatic rings. The van der Waals surface area contributed by atoms with Crippen LogP contribution in [0.15, 0.2) is 40.9 Å². The molecular weight excluding hydrogens is 464 g/mol. The molecule has 0 fully saturated rings. The minimum Gasteiger partial charge on any atom is -0.497 e. The lowest BCUT2D eigenvalue weighted by molar-refractivity contribution is -0.119. The van der Waals surface area contributed by atoms with Gasteiger partial charge in [-0.3, -0.25) is 4.79 Å². The summed E-state index contributed by atoms with van der Waals surface area (Å²) in [6.45, 7) is 7.13. The fourth-order valence-corrected chi connectivity index (χ4v) is 3.89. The Morgan fingerprint density at radius 3 is 2.53 bits per heavy atom. The van der Waals surface area contributed by atoms with Gasteiger partial charge >= 0.3 is 5.97 Å². The number of methoxy groups -OCH3 is 2. The van der Waals surface area contributed by atoms with Crippen LogP contribution in [-0.4, -0.2) is 47.5 Å². The molecule has 4 rings (SSSR count). The average molecular weight is 493 g/mol. The summed E-state index contributed by atoms with van der Waals surface area (Å²) in [4.78, 5) is 30.5. The molecule has 1 amide bonds. The SMILES string of the molecule is COc1ccc(OC)c(NC(=O)COC(=O)c2cc(-c3cc(C)oc3C)nc3c2cnn3C(C)C)c1. The van der Waals surface area contributed by atoms with Gasteiger partial charge < -0.3 is 23.9 Å². The Morgan fingerprint density at radius 2 is 1.89 bits per heavy atom. The number of hydrogen-bond acceptors (Lipinski definition) is 8. The van der Waals surface area contributed by atoms with Crippen molar-refractivity contribution in [3.8, 4) is 22.8 Å². The maximum Gasteiger partial charge on any atom is 0.339 e. The van der Waals surface area contributed by atoms with E-state index in [1.54, 1.807) is 35.1 Å². The molecule has 1 N–H and O–H groups in total. The molecule has 0 spiro atoms. The maximum atomic E-state index is 13.2. The van der Waals surface area contributed by atoms with E-state index < -0.39 is 18.5 Å². The Kier molecular flexibility index (Phi) is 6.96. The summed E-state index contributed by atoms with van der Waals surface area (Å²) in [7, 11) is 3.01. The molecule has 0 saturated carbocycles. The second-order valence-electron chi connectivity index (χ2n) is 8.49. The van der Waals surface area contributed by atoms with E-state index in [0.717, 1.165) is 11.3 Å². The molecule has 0 aliphatic carbocycles. The van der Waals surface area contributed by atoms with Crippen molar-refractivity contribution in [1.82, 2.24) is 14.8 Å². The first kappa shape index (κ1) is 24.8. The van der Waals surface area contributed by atoms with Crippen LogP contribution >= 0.6 is 0 Å². The number of carbonyl (C=O) groups excluding carboxylic acids is 2. The van der Waals surface area contributed by atoms with Crippen molar-refractivity contribution in [2.75, 3.05) is 26.1 Å². The fourth-order valence-electron chi connectivity index (χ4n) is 3.89. The second kappa shape index (κ2) is 10.1. The standard InChI is InChI=1S/C26H28N4O6/c1-14(2)30-25-20(12-27-30)19(11-21(29-25)18-9-15(3)36-16(18)4)26(32)35-13-24(31)28-22-10-17(33-5)7-8-23(22)34-6/h7-12,14H,13H2,1-6H3,(H,28,31). The van der Waals surface area contributed by atoms with E-state index in [1.807, 2.05) is 33.8 Å². The number of benzene rings is 1. The van der Waals surface area contributed by atoms with E-state index in [-0.39, 0.29) is 11.6 Å². The number of aromatic nitrogens is 3. The zero-order valence-electron chi connectivity index (χ0n) is 21.0. The summed E-state index contributed by atoms with van der Waals surface area (Å²) >= 11 is 0. The molecule has 0 bridgehead atoms. The number of nitrogens with one attached hydrogen (secondary N) is 1. The minimum absolute atomic E-state index is 0.0184. The lowest BCUT2D eigenvalue weighted by Gasteiger charge is -2.12. The maximum absolute atomic E-state index is 13.2. The van der Waals surface area contributed by atoms with Crippen molar-refractivity contribution in [1.29, 1.82) is 0 Å². The quantitative estimate of drug-likeness (QED) is 0.352. The van der Waals surface area contributed by atoms with Crippen molar-refractivity contribution in [2.45, 2.75) is 33.7 Å². The largest absolute Gasteiger partial charge is 0.497 e. The van der Waals surface area contributed by atoms with Crippen LogP contribution in [0.25, 0.3) is 22.3 Å². The number of ether oxygens (including phenoxy) is 3. The molecule has 4 aromatic rings. The first-order chi connectivity index (χ1) is 17.2. The van der Waals surface area contributed by atoms with Gasteiger partial charge in [0.15, 0.2) is 12.3 Å². The first-order valence-electron chi connectivity index (χ1n) is 11.4. The van der Waals surface area contributed by atoms with E-state index in [2.05, 4.69) is 10.4 Å². The smallest absolute Gasteiger partial charge is 0.339 e. The number of aryl methyl sites for hydroxylation is 2. The summed E-state index contributed by atoms with van der Waals surface area (Å²) in [5, 5.41) is 7.62. The molecule has 3 aromatic heterocycles. The number of rotatable bonds is 8. The molecule has 0 unspecified atom stereocenters. The topological polar surface area (TPSA) is 118 Å². The monoisotopic (exact) mass is 492 g/mol. The lowest BCUT2D eigenvalue weighted by atomic mass is 10.1. The molecule has 36 heavy (non-hydrogen) atoms. The summed E-state index contributed by atoms with van der Waals surface area (Å²) in [6.07, 6.45) is 1.58. The van der Waals surface area contributed by atoms with Gasteiger partial charge in [-0.15, -0.1) is 0 Å². The summed E-state index contributed by atoms with van der Waals surface area (Å²) in [5.41, 5.74) is 2.51. The Morgan fingerprint density at radius 1 is 1.11 bits per heavy atom. The Labute approximate surface area is 208 Å². The van der Waals surface area contributed by atoms with Gasteiger partial charge in [0.05, 0.1) is 42.7 Å². The van der Waals surface area contributed by atoms with Gasteiger partial charge in [0.1, 0.15) is 23.0 Å². The summed E-state index contributed by atoms with van der Waals surface area (Å²) in [5.74, 6) is 1.21. The Balaban J connectivity index is 1.61. The summed E-state index contributed by atoms with van der Waals surface area (Å²) < 4.78 is 23.3. The van der Waals surface area contributed by atoms with Crippen LogP contribution in [0.1, 0.15) is 41.8 Å². The zero-order valence-corrected chi connectivity index (χ0v) is 21.0. The zero-order chi connectivity index (χ0) is 26.0. The molecule has 188 valence electrons. The van der Waals surface area contributed by atoms with Crippen molar-refractivity contribution in [3.05, 3.63) is 53.6 Å². The highest BCUT2D eigenvalue weighted by Crippen LogP contribution is 2.31. The average Bonchev–Trinajstić information content (AvgIpc) is 3.44. The Hall–Kier alpha value is -4.34. The number of hydrogen-bond donors (Lipinski definition) is 1. The third kappa shape index (κ3) is 4.88. The molecule has 0 aliphatic heterocycles. The highest BCUT2D eigenvalue weighted by atomic mass is 16.5. The van der Waals surface area contributed by atoms with Crippen LogP contribution in [0.5, 0.6) is 11.5 Å². The van der Waals surface area contributed by atoms with Crippen LogP contribution in [0.2, 0.25) is 0 Å². The van der Waals surface area contributed by atoms with Crippen LogP contribution in [-0.2, 0) is 9.53 Å². The number of pyridine rings is 1. The minimum atomic E-state index is -0.669. The lowest BCUT2D eigenvalue weighted by Crippen LogP contribution is -2.21. The number of amides is 1. The van der Waals surface area contributed by atoms with Gasteiger partial charge in [0.25, 0.3) is 5.91 Å². The van der Waals surface area contributed by atoms with Gasteiger partial charge in [0.2, 0.25) is 0 Å². The van der Waals surface area contributed by atoms with E-state index in [1.165, 1.54) is 14.2 Å². The van der Waals surface area contributed by atoms with Crippen molar-refractivity contribution >= 4 is 28.6 Å². The van der Waals surface area contributed by atoms with Crippen LogP contribution in [0.3, 0.4) is 0 Å². The van der Waals surface area contributed by atoms with Gasteiger partial charge in [-0.2, -0.15) is 5.10 Å². The fraction of sp³-hybridized carbons (Fsp3) is 0.308. The van der Waals surface area contributed by atoms with Crippen LogP contribution in [0.4, 0.5) is 5.69 Å². The van der Waals surface area contributed by atoms with Gasteiger partial charge in [-0.05, 0) is 52.0 Å². The van der Waals surface area contributed by atoms with E-state index in [0.29, 0.717) is 39.7 Å². The molecule has 0 saturated heterocycles. The van der Waals surface area contributed by atoms with Gasteiger partial charge in [-0.1, -0.05) is 0 Å². The van der Waals surface area contributed by atoms with Crippen molar-refractivity contribution in [3.63, 3.8) is 0 Å². The predicted octanol–water partition coefficient (Wildman–Crippen LogP) is 4.70. The first-order valence-corrected chi connectivity index (χ1v) is 11.4. The number of nitrogens with zero attached hydrogens (tertiary/aromatic N) is 3. The van der Waals surface area contributed by atoms with E-state index in [4.69, 9.17) is 23.6 Å². The highest BCUT2D eigenvalue weighted by molar-refractivity contribution is 6.05. The van der Waals surface area contributed by atoms with Crippen molar-refractivity contribution in [2.24, 2.45) is 0 Å². The van der Waals surface area contributed by atoms with Gasteiger partial charge in [0, 0.05) is 17.7 Å². The third-order valence-corrected chi connectivity index (χ3v) is 5.61.